The molecular formula is C21H26N2O2. The molecule has 0 aliphatic heterocycles. The smallest absolute Gasteiger partial charge is 0.251 e. The largest absolute Gasteiger partial charge is 0.350 e. The number of carbonyl (C=O) groups is 2. The first kappa shape index (κ1) is 18.7. The molecule has 1 N–H and O–H groups in total. The molecule has 0 spiro atoms. The molecule has 2 amide bonds. The summed E-state index contributed by atoms with van der Waals surface area (Å²) in [6.07, 6.45) is 0. The third-order valence-electron chi connectivity index (χ3n) is 4.41. The summed E-state index contributed by atoms with van der Waals surface area (Å²) in [7, 11) is 0. The highest BCUT2D eigenvalue weighted by Gasteiger charge is 2.14. The number of aryl methyl sites for hydroxylation is 4. The Hall–Kier alpha value is -2.62. The van der Waals surface area contributed by atoms with E-state index in [1.54, 1.807) is 11.8 Å². The molecule has 0 saturated heterocycles. The van der Waals surface area contributed by atoms with Crippen LogP contribution in [0.4, 0.5) is 5.69 Å². The number of hydrogen-bond donors (Lipinski definition) is 1. The normalized spacial score (nSPS) is 10.4. The number of anilines is 1. The Bertz CT molecular complexity index is 796. The lowest BCUT2D eigenvalue weighted by molar-refractivity contribution is -0.116. The average Bonchev–Trinajstić information content (AvgIpc) is 2.54. The van der Waals surface area contributed by atoms with Crippen molar-refractivity contribution >= 4 is 17.5 Å². The maximum atomic E-state index is 12.3. The lowest BCUT2D eigenvalue weighted by atomic mass is 10.1. The van der Waals surface area contributed by atoms with Crippen molar-refractivity contribution in [2.75, 3.05) is 18.0 Å². The highest BCUT2D eigenvalue weighted by Crippen LogP contribution is 2.21. The van der Waals surface area contributed by atoms with E-state index in [0.29, 0.717) is 18.7 Å². The zero-order valence-electron chi connectivity index (χ0n) is 15.6. The van der Waals surface area contributed by atoms with Crippen LogP contribution in [0.25, 0.3) is 0 Å². The van der Waals surface area contributed by atoms with E-state index >= 15 is 0 Å². The van der Waals surface area contributed by atoms with E-state index in [0.717, 1.165) is 27.9 Å². The zero-order chi connectivity index (χ0) is 18.6. The molecular weight excluding hydrogens is 312 g/mol. The Morgan fingerprint density at radius 3 is 2.24 bits per heavy atom. The molecule has 132 valence electrons. The third kappa shape index (κ3) is 4.69. The summed E-state index contributed by atoms with van der Waals surface area (Å²) in [5, 5.41) is 2.90. The van der Waals surface area contributed by atoms with Crippen LogP contribution < -0.4 is 10.2 Å². The summed E-state index contributed by atoms with van der Waals surface area (Å²) >= 11 is 0. The predicted molar refractivity (Wildman–Crippen MR) is 102 cm³/mol. The first-order chi connectivity index (χ1) is 11.8. The van der Waals surface area contributed by atoms with Crippen LogP contribution >= 0.6 is 0 Å². The number of nitrogens with one attached hydrogen (secondary N) is 1. The van der Waals surface area contributed by atoms with E-state index in [2.05, 4.69) is 11.4 Å². The van der Waals surface area contributed by atoms with Gasteiger partial charge in [-0.15, -0.1) is 0 Å². The number of rotatable bonds is 5. The Morgan fingerprint density at radius 1 is 0.920 bits per heavy atom. The summed E-state index contributed by atoms with van der Waals surface area (Å²) in [4.78, 5) is 26.0. The molecule has 2 aromatic rings. The molecule has 0 unspecified atom stereocenters. The van der Waals surface area contributed by atoms with E-state index in [1.807, 2.05) is 58.0 Å². The molecule has 0 aromatic heterocycles. The summed E-state index contributed by atoms with van der Waals surface area (Å²) in [5.41, 5.74) is 5.99. The van der Waals surface area contributed by atoms with Gasteiger partial charge in [-0.2, -0.15) is 0 Å². The molecule has 4 heteroatoms. The van der Waals surface area contributed by atoms with Gasteiger partial charge in [0.15, 0.2) is 0 Å². The van der Waals surface area contributed by atoms with Gasteiger partial charge in [0.2, 0.25) is 5.91 Å². The minimum Gasteiger partial charge on any atom is -0.350 e. The molecule has 0 fully saturated rings. The van der Waals surface area contributed by atoms with Gasteiger partial charge in [0.05, 0.1) is 0 Å². The second-order valence-electron chi connectivity index (χ2n) is 6.52. The van der Waals surface area contributed by atoms with E-state index in [1.165, 1.54) is 0 Å². The minimum atomic E-state index is -0.118. The van der Waals surface area contributed by atoms with Crippen molar-refractivity contribution in [3.8, 4) is 0 Å². The van der Waals surface area contributed by atoms with Crippen molar-refractivity contribution < 1.29 is 9.59 Å². The first-order valence-corrected chi connectivity index (χ1v) is 8.50. The summed E-state index contributed by atoms with van der Waals surface area (Å²) in [6, 6.07) is 11.7. The summed E-state index contributed by atoms with van der Waals surface area (Å²) in [6.45, 7) is 10.4. The van der Waals surface area contributed by atoms with Crippen LogP contribution in [0.3, 0.4) is 0 Å². The Balaban J connectivity index is 2.03. The van der Waals surface area contributed by atoms with E-state index in [-0.39, 0.29) is 11.8 Å². The van der Waals surface area contributed by atoms with Crippen molar-refractivity contribution in [2.45, 2.75) is 34.6 Å². The number of benzene rings is 2. The highest BCUT2D eigenvalue weighted by atomic mass is 16.2. The highest BCUT2D eigenvalue weighted by molar-refractivity contribution is 5.95. The topological polar surface area (TPSA) is 49.4 Å². The van der Waals surface area contributed by atoms with Gasteiger partial charge in [-0.05, 0) is 62.6 Å². The molecule has 0 aliphatic rings. The Kier molecular flexibility index (Phi) is 5.97. The quantitative estimate of drug-likeness (QED) is 0.903. The van der Waals surface area contributed by atoms with Crippen LogP contribution in [0, 0.1) is 27.7 Å². The van der Waals surface area contributed by atoms with Gasteiger partial charge >= 0.3 is 0 Å². The van der Waals surface area contributed by atoms with Crippen molar-refractivity contribution in [3.05, 3.63) is 64.2 Å². The van der Waals surface area contributed by atoms with Crippen LogP contribution in [0.5, 0.6) is 0 Å². The monoisotopic (exact) mass is 338 g/mol. The Morgan fingerprint density at radius 2 is 1.64 bits per heavy atom. The number of amides is 2. The standard InChI is InChI=1S/C21H26N2O2/c1-14-6-9-20(17(4)12-14)23(18(5)24)11-10-22-21(25)19-8-7-15(2)16(3)13-19/h6-9,12-13H,10-11H2,1-5H3,(H,22,25). The van der Waals surface area contributed by atoms with Gasteiger partial charge in [0.1, 0.15) is 0 Å². The maximum Gasteiger partial charge on any atom is 0.251 e. The summed E-state index contributed by atoms with van der Waals surface area (Å²) in [5.74, 6) is -0.153. The van der Waals surface area contributed by atoms with E-state index in [4.69, 9.17) is 0 Å². The second kappa shape index (κ2) is 7.97. The fourth-order valence-corrected chi connectivity index (χ4v) is 2.82. The van der Waals surface area contributed by atoms with Crippen LogP contribution in [0.15, 0.2) is 36.4 Å². The van der Waals surface area contributed by atoms with Gasteiger partial charge in [0, 0.05) is 31.3 Å². The zero-order valence-corrected chi connectivity index (χ0v) is 15.6. The van der Waals surface area contributed by atoms with Crippen LogP contribution in [0.1, 0.15) is 39.5 Å². The second-order valence-corrected chi connectivity index (χ2v) is 6.52. The van der Waals surface area contributed by atoms with Crippen LogP contribution in [-0.2, 0) is 4.79 Å². The number of carbonyl (C=O) groups excluding carboxylic acids is 2. The molecule has 0 saturated carbocycles. The van der Waals surface area contributed by atoms with Gasteiger partial charge in [-0.25, -0.2) is 0 Å². The maximum absolute atomic E-state index is 12.3. The van der Waals surface area contributed by atoms with Gasteiger partial charge < -0.3 is 10.2 Å². The molecule has 0 bridgehead atoms. The fourth-order valence-electron chi connectivity index (χ4n) is 2.82. The predicted octanol–water partition coefficient (Wildman–Crippen LogP) is 3.70. The molecule has 25 heavy (non-hydrogen) atoms. The molecule has 0 heterocycles. The van der Waals surface area contributed by atoms with Crippen molar-refractivity contribution in [3.63, 3.8) is 0 Å². The van der Waals surface area contributed by atoms with Gasteiger partial charge in [0.25, 0.3) is 5.91 Å². The average molecular weight is 338 g/mol. The molecule has 2 rings (SSSR count). The summed E-state index contributed by atoms with van der Waals surface area (Å²) < 4.78 is 0. The first-order valence-electron chi connectivity index (χ1n) is 8.50. The van der Waals surface area contributed by atoms with Crippen molar-refractivity contribution in [1.29, 1.82) is 0 Å². The van der Waals surface area contributed by atoms with E-state index < -0.39 is 0 Å². The lowest BCUT2D eigenvalue weighted by Crippen LogP contribution is -2.38. The molecule has 0 aliphatic carbocycles. The van der Waals surface area contributed by atoms with E-state index in [9.17, 15) is 9.59 Å². The molecule has 0 atom stereocenters. The van der Waals surface area contributed by atoms with Gasteiger partial charge in [-0.1, -0.05) is 23.8 Å². The van der Waals surface area contributed by atoms with Crippen molar-refractivity contribution in [1.82, 2.24) is 5.32 Å². The SMILES string of the molecule is CC(=O)N(CCNC(=O)c1ccc(C)c(C)c1)c1ccc(C)cc1C. The number of nitrogens with zero attached hydrogens (tertiary/aromatic N) is 1. The fraction of sp³-hybridized carbons (Fsp3) is 0.333. The lowest BCUT2D eigenvalue weighted by Gasteiger charge is -2.23. The number of hydrogen-bond acceptors (Lipinski definition) is 2. The molecule has 0 radical (unpaired) electrons. The van der Waals surface area contributed by atoms with Gasteiger partial charge in [-0.3, -0.25) is 9.59 Å². The molecule has 2 aromatic carbocycles. The Labute approximate surface area is 149 Å². The van der Waals surface area contributed by atoms with Crippen LogP contribution in [-0.4, -0.2) is 24.9 Å². The minimum absolute atomic E-state index is 0.0348. The van der Waals surface area contributed by atoms with Crippen LogP contribution in [0.2, 0.25) is 0 Å². The third-order valence-corrected chi connectivity index (χ3v) is 4.41. The molecule has 4 nitrogen and oxygen atoms in total. The van der Waals surface area contributed by atoms with Crippen molar-refractivity contribution in [2.24, 2.45) is 0 Å².